The van der Waals surface area contributed by atoms with Gasteiger partial charge in [-0.3, -0.25) is 9.59 Å². The number of hydrogen-bond acceptors (Lipinski definition) is 3. The Morgan fingerprint density at radius 3 is 2.48 bits per heavy atom. The van der Waals surface area contributed by atoms with Crippen LogP contribution in [0.25, 0.3) is 0 Å². The molecule has 2 amide bonds. The van der Waals surface area contributed by atoms with E-state index in [0.717, 1.165) is 11.1 Å². The predicted octanol–water partition coefficient (Wildman–Crippen LogP) is 2.13. The summed E-state index contributed by atoms with van der Waals surface area (Å²) in [5.41, 5.74) is 9.18. The molecule has 0 aromatic heterocycles. The molecule has 27 heavy (non-hydrogen) atoms. The van der Waals surface area contributed by atoms with Crippen molar-refractivity contribution in [3.05, 3.63) is 70.5 Å². The van der Waals surface area contributed by atoms with Crippen molar-refractivity contribution < 1.29 is 14.0 Å². The Bertz CT molecular complexity index is 848. The number of aryl methyl sites for hydroxylation is 2. The molecule has 1 fully saturated rings. The molecule has 0 aliphatic carbocycles. The molecule has 2 aromatic rings. The standard InChI is InChI=1S/C21H24FN3O2/c1-13-7-14(2)9-15(8-13)21(27)24-10-20(26)25-11-17(19(23)12-25)16-5-3-4-6-18(16)22/h3-9,17,19H,10-12,23H2,1-2H3,(H,24,27)/t17-,19+/m0/s1. The van der Waals surface area contributed by atoms with E-state index in [1.54, 1.807) is 35.2 Å². The topological polar surface area (TPSA) is 75.4 Å². The molecule has 1 heterocycles. The van der Waals surface area contributed by atoms with Gasteiger partial charge in [0, 0.05) is 30.6 Å². The summed E-state index contributed by atoms with van der Waals surface area (Å²) >= 11 is 0. The maximum Gasteiger partial charge on any atom is 0.251 e. The van der Waals surface area contributed by atoms with Crippen LogP contribution in [0.5, 0.6) is 0 Å². The Morgan fingerprint density at radius 2 is 1.81 bits per heavy atom. The second-order valence-corrected chi connectivity index (χ2v) is 7.15. The molecule has 0 bridgehead atoms. The number of nitrogens with two attached hydrogens (primary N) is 1. The fourth-order valence-corrected chi connectivity index (χ4v) is 3.61. The quantitative estimate of drug-likeness (QED) is 0.867. The van der Waals surface area contributed by atoms with E-state index in [1.165, 1.54) is 6.07 Å². The molecule has 0 unspecified atom stereocenters. The molecule has 142 valence electrons. The molecule has 0 radical (unpaired) electrons. The van der Waals surface area contributed by atoms with Crippen LogP contribution >= 0.6 is 0 Å². The predicted molar refractivity (Wildman–Crippen MR) is 102 cm³/mol. The Hall–Kier alpha value is -2.73. The lowest BCUT2D eigenvalue weighted by atomic mass is 9.94. The number of hydrogen-bond donors (Lipinski definition) is 2. The molecular formula is C21H24FN3O2. The number of halogens is 1. The molecule has 0 spiro atoms. The van der Waals surface area contributed by atoms with Crippen molar-refractivity contribution in [2.45, 2.75) is 25.8 Å². The highest BCUT2D eigenvalue weighted by Crippen LogP contribution is 2.28. The van der Waals surface area contributed by atoms with E-state index in [0.29, 0.717) is 24.2 Å². The first kappa shape index (κ1) is 19.0. The lowest BCUT2D eigenvalue weighted by Crippen LogP contribution is -2.40. The molecule has 0 saturated carbocycles. The third kappa shape index (κ3) is 4.34. The summed E-state index contributed by atoms with van der Waals surface area (Å²) in [7, 11) is 0. The maximum absolute atomic E-state index is 14.0. The van der Waals surface area contributed by atoms with Crippen LogP contribution in [0.2, 0.25) is 0 Å². The average molecular weight is 369 g/mol. The van der Waals surface area contributed by atoms with Crippen LogP contribution in [0.3, 0.4) is 0 Å². The number of carbonyl (C=O) groups is 2. The first-order valence-corrected chi connectivity index (χ1v) is 8.99. The van der Waals surface area contributed by atoms with E-state index in [4.69, 9.17) is 5.73 Å². The smallest absolute Gasteiger partial charge is 0.251 e. The van der Waals surface area contributed by atoms with Gasteiger partial charge in [0.05, 0.1) is 6.54 Å². The van der Waals surface area contributed by atoms with Gasteiger partial charge in [-0.05, 0) is 37.6 Å². The SMILES string of the molecule is Cc1cc(C)cc(C(=O)NCC(=O)N2C[C@@H](N)[C@H](c3ccccc3F)C2)c1. The Balaban J connectivity index is 1.60. The molecule has 2 aromatic carbocycles. The zero-order chi connectivity index (χ0) is 19.6. The fraction of sp³-hybridized carbons (Fsp3) is 0.333. The van der Waals surface area contributed by atoms with Gasteiger partial charge in [-0.15, -0.1) is 0 Å². The summed E-state index contributed by atoms with van der Waals surface area (Å²) < 4.78 is 14.0. The van der Waals surface area contributed by atoms with Gasteiger partial charge in [-0.1, -0.05) is 35.4 Å². The van der Waals surface area contributed by atoms with Gasteiger partial charge in [0.15, 0.2) is 0 Å². The van der Waals surface area contributed by atoms with Crippen LogP contribution in [-0.2, 0) is 4.79 Å². The summed E-state index contributed by atoms with van der Waals surface area (Å²) in [4.78, 5) is 26.4. The lowest BCUT2D eigenvalue weighted by molar-refractivity contribution is -0.129. The van der Waals surface area contributed by atoms with Gasteiger partial charge >= 0.3 is 0 Å². The van der Waals surface area contributed by atoms with Gasteiger partial charge in [0.1, 0.15) is 5.82 Å². The maximum atomic E-state index is 14.0. The number of nitrogens with one attached hydrogen (secondary N) is 1. The molecule has 3 N–H and O–H groups in total. The van der Waals surface area contributed by atoms with Crippen LogP contribution in [0.4, 0.5) is 4.39 Å². The third-order valence-electron chi connectivity index (χ3n) is 4.91. The molecule has 1 saturated heterocycles. The van der Waals surface area contributed by atoms with Gasteiger partial charge in [-0.2, -0.15) is 0 Å². The number of likely N-dealkylation sites (tertiary alicyclic amines) is 1. The largest absolute Gasteiger partial charge is 0.343 e. The highest BCUT2D eigenvalue weighted by molar-refractivity contribution is 5.96. The Labute approximate surface area is 158 Å². The van der Waals surface area contributed by atoms with Gasteiger partial charge < -0.3 is 16.0 Å². The van der Waals surface area contributed by atoms with E-state index in [-0.39, 0.29) is 36.1 Å². The van der Waals surface area contributed by atoms with Crippen molar-refractivity contribution in [2.24, 2.45) is 5.73 Å². The third-order valence-corrected chi connectivity index (χ3v) is 4.91. The molecule has 2 atom stereocenters. The molecule has 1 aliphatic rings. The highest BCUT2D eigenvalue weighted by Gasteiger charge is 2.35. The van der Waals surface area contributed by atoms with E-state index >= 15 is 0 Å². The number of nitrogens with zero attached hydrogens (tertiary/aromatic N) is 1. The summed E-state index contributed by atoms with van der Waals surface area (Å²) in [5.74, 6) is -1.06. The Kier molecular flexibility index (Phi) is 5.56. The Morgan fingerprint density at radius 1 is 1.15 bits per heavy atom. The van der Waals surface area contributed by atoms with Gasteiger partial charge in [-0.25, -0.2) is 4.39 Å². The molecular weight excluding hydrogens is 345 g/mol. The normalized spacial score (nSPS) is 19.2. The summed E-state index contributed by atoms with van der Waals surface area (Å²) in [6, 6.07) is 11.7. The molecule has 6 heteroatoms. The van der Waals surface area contributed by atoms with Crippen molar-refractivity contribution in [2.75, 3.05) is 19.6 Å². The van der Waals surface area contributed by atoms with E-state index in [9.17, 15) is 14.0 Å². The minimum absolute atomic E-state index is 0.109. The lowest BCUT2D eigenvalue weighted by Gasteiger charge is -2.17. The van der Waals surface area contributed by atoms with E-state index < -0.39 is 0 Å². The number of benzene rings is 2. The van der Waals surface area contributed by atoms with Crippen molar-refractivity contribution in [3.63, 3.8) is 0 Å². The zero-order valence-electron chi connectivity index (χ0n) is 15.5. The van der Waals surface area contributed by atoms with Crippen molar-refractivity contribution in [1.29, 1.82) is 0 Å². The minimum atomic E-state index is -0.332. The summed E-state index contributed by atoms with van der Waals surface area (Å²) in [6.07, 6.45) is 0. The number of amides is 2. The minimum Gasteiger partial charge on any atom is -0.343 e. The van der Waals surface area contributed by atoms with Crippen LogP contribution < -0.4 is 11.1 Å². The van der Waals surface area contributed by atoms with Crippen molar-refractivity contribution in [1.82, 2.24) is 10.2 Å². The number of carbonyl (C=O) groups excluding carboxylic acids is 2. The molecule has 1 aliphatic heterocycles. The van der Waals surface area contributed by atoms with Crippen LogP contribution in [-0.4, -0.2) is 42.4 Å². The second-order valence-electron chi connectivity index (χ2n) is 7.15. The average Bonchev–Trinajstić information content (AvgIpc) is 3.00. The number of rotatable bonds is 4. The molecule has 5 nitrogen and oxygen atoms in total. The van der Waals surface area contributed by atoms with Gasteiger partial charge in [0.2, 0.25) is 5.91 Å². The monoisotopic (exact) mass is 369 g/mol. The van der Waals surface area contributed by atoms with Crippen LogP contribution in [0, 0.1) is 19.7 Å². The van der Waals surface area contributed by atoms with Crippen LogP contribution in [0.15, 0.2) is 42.5 Å². The fourth-order valence-electron chi connectivity index (χ4n) is 3.61. The van der Waals surface area contributed by atoms with E-state index in [2.05, 4.69) is 5.32 Å². The van der Waals surface area contributed by atoms with Gasteiger partial charge in [0.25, 0.3) is 5.91 Å². The van der Waals surface area contributed by atoms with Crippen molar-refractivity contribution >= 4 is 11.8 Å². The first-order chi connectivity index (χ1) is 12.8. The molecule has 3 rings (SSSR count). The van der Waals surface area contributed by atoms with Crippen molar-refractivity contribution in [3.8, 4) is 0 Å². The second kappa shape index (κ2) is 7.88. The zero-order valence-corrected chi connectivity index (χ0v) is 15.5. The summed E-state index contributed by atoms with van der Waals surface area (Å²) in [6.45, 7) is 4.42. The first-order valence-electron chi connectivity index (χ1n) is 8.99. The van der Waals surface area contributed by atoms with E-state index in [1.807, 2.05) is 19.9 Å². The van der Waals surface area contributed by atoms with Crippen LogP contribution in [0.1, 0.15) is 33.0 Å². The summed E-state index contributed by atoms with van der Waals surface area (Å²) in [5, 5.41) is 2.67. The highest BCUT2D eigenvalue weighted by atomic mass is 19.1.